The molecule has 1 N–H and O–H groups in total. The van der Waals surface area contributed by atoms with Crippen LogP contribution in [0.2, 0.25) is 0 Å². The maximum Gasteiger partial charge on any atom is 0.158 e. The largest absolute Gasteiger partial charge is 0.388 e. The standard InChI is InChI=1S/C18H25N5O2/c1-14-10-16(22-6-8-25-9-7-22)3-2-15(14)11-21-4-5-23-17(12-21)19-20-18(23)13-24/h2-3,10,24H,4-9,11-13H2,1H3. The first-order chi connectivity index (χ1) is 12.2. The van der Waals surface area contributed by atoms with Crippen LogP contribution in [0, 0.1) is 6.92 Å². The van der Waals surface area contributed by atoms with E-state index in [9.17, 15) is 5.11 Å². The molecule has 7 nitrogen and oxygen atoms in total. The van der Waals surface area contributed by atoms with E-state index in [2.05, 4.69) is 45.1 Å². The van der Waals surface area contributed by atoms with E-state index in [1.165, 1.54) is 16.8 Å². The van der Waals surface area contributed by atoms with E-state index >= 15 is 0 Å². The number of hydrogen-bond donors (Lipinski definition) is 1. The summed E-state index contributed by atoms with van der Waals surface area (Å²) in [6, 6.07) is 6.76. The summed E-state index contributed by atoms with van der Waals surface area (Å²) < 4.78 is 7.47. The fourth-order valence-corrected chi connectivity index (χ4v) is 3.64. The monoisotopic (exact) mass is 343 g/mol. The van der Waals surface area contributed by atoms with Gasteiger partial charge in [-0.15, -0.1) is 10.2 Å². The van der Waals surface area contributed by atoms with Crippen LogP contribution in [0.1, 0.15) is 22.8 Å². The van der Waals surface area contributed by atoms with Gasteiger partial charge in [0.05, 0.1) is 19.8 Å². The second-order valence-electron chi connectivity index (χ2n) is 6.76. The van der Waals surface area contributed by atoms with Gasteiger partial charge in [0.25, 0.3) is 0 Å². The lowest BCUT2D eigenvalue weighted by Gasteiger charge is -2.30. The number of aryl methyl sites for hydroxylation is 1. The normalized spacial score (nSPS) is 18.4. The van der Waals surface area contributed by atoms with E-state index in [0.717, 1.165) is 58.3 Å². The summed E-state index contributed by atoms with van der Waals surface area (Å²) in [5.74, 6) is 1.61. The predicted molar refractivity (Wildman–Crippen MR) is 94.3 cm³/mol. The first-order valence-corrected chi connectivity index (χ1v) is 8.91. The minimum atomic E-state index is -0.0465. The second kappa shape index (κ2) is 7.11. The maximum absolute atomic E-state index is 9.30. The first-order valence-electron chi connectivity index (χ1n) is 8.91. The Balaban J connectivity index is 1.44. The third kappa shape index (κ3) is 3.40. The highest BCUT2D eigenvalue weighted by molar-refractivity contribution is 5.51. The molecule has 25 heavy (non-hydrogen) atoms. The summed E-state index contributed by atoms with van der Waals surface area (Å²) in [5, 5.41) is 17.6. The minimum absolute atomic E-state index is 0.0465. The Morgan fingerprint density at radius 1 is 1.12 bits per heavy atom. The van der Waals surface area contributed by atoms with Gasteiger partial charge in [0.2, 0.25) is 0 Å². The molecular formula is C18H25N5O2. The molecule has 2 aliphatic rings. The smallest absolute Gasteiger partial charge is 0.158 e. The van der Waals surface area contributed by atoms with Gasteiger partial charge in [0.15, 0.2) is 5.82 Å². The summed E-state index contributed by atoms with van der Waals surface area (Å²) >= 11 is 0. The summed E-state index contributed by atoms with van der Waals surface area (Å²) in [6.07, 6.45) is 0. The molecule has 1 saturated heterocycles. The van der Waals surface area contributed by atoms with Gasteiger partial charge in [-0.2, -0.15) is 0 Å². The molecule has 2 aliphatic heterocycles. The van der Waals surface area contributed by atoms with Crippen molar-refractivity contribution in [3.8, 4) is 0 Å². The number of hydrogen-bond acceptors (Lipinski definition) is 6. The third-order valence-corrected chi connectivity index (χ3v) is 5.15. The van der Waals surface area contributed by atoms with Crippen LogP contribution in [0.15, 0.2) is 18.2 Å². The summed E-state index contributed by atoms with van der Waals surface area (Å²) in [4.78, 5) is 4.78. The first kappa shape index (κ1) is 16.5. The van der Waals surface area contributed by atoms with Crippen LogP contribution >= 0.6 is 0 Å². The van der Waals surface area contributed by atoms with Crippen molar-refractivity contribution in [2.45, 2.75) is 33.2 Å². The zero-order valence-electron chi connectivity index (χ0n) is 14.7. The van der Waals surface area contributed by atoms with E-state index < -0.39 is 0 Å². The predicted octanol–water partition coefficient (Wildman–Crippen LogP) is 0.931. The highest BCUT2D eigenvalue weighted by Gasteiger charge is 2.21. The molecule has 0 unspecified atom stereocenters. The number of aliphatic hydroxyl groups excluding tert-OH is 1. The van der Waals surface area contributed by atoms with E-state index in [0.29, 0.717) is 5.82 Å². The average molecular weight is 343 g/mol. The Kier molecular flexibility index (Phi) is 4.70. The quantitative estimate of drug-likeness (QED) is 0.891. The zero-order valence-corrected chi connectivity index (χ0v) is 14.7. The Labute approximate surface area is 147 Å². The second-order valence-corrected chi connectivity index (χ2v) is 6.76. The number of ether oxygens (including phenoxy) is 1. The van der Waals surface area contributed by atoms with Gasteiger partial charge in [0.1, 0.15) is 12.4 Å². The molecule has 0 amide bonds. The van der Waals surface area contributed by atoms with Crippen LogP contribution in [0.3, 0.4) is 0 Å². The number of aromatic nitrogens is 3. The molecule has 0 radical (unpaired) electrons. The molecule has 0 saturated carbocycles. The lowest BCUT2D eigenvalue weighted by molar-refractivity contribution is 0.122. The average Bonchev–Trinajstić information content (AvgIpc) is 3.06. The molecule has 1 aromatic heterocycles. The fraction of sp³-hybridized carbons (Fsp3) is 0.556. The molecule has 0 bridgehead atoms. The van der Waals surface area contributed by atoms with E-state index in [1.807, 2.05) is 4.57 Å². The lowest BCUT2D eigenvalue weighted by Crippen LogP contribution is -2.36. The van der Waals surface area contributed by atoms with Crippen LogP contribution < -0.4 is 4.90 Å². The molecule has 0 atom stereocenters. The summed E-state index contributed by atoms with van der Waals surface area (Å²) in [5.41, 5.74) is 3.97. The topological polar surface area (TPSA) is 66.7 Å². The van der Waals surface area contributed by atoms with Crippen LogP contribution in [0.25, 0.3) is 0 Å². The number of morpholine rings is 1. The highest BCUT2D eigenvalue weighted by Crippen LogP contribution is 2.23. The lowest BCUT2D eigenvalue weighted by atomic mass is 10.1. The van der Waals surface area contributed by atoms with E-state index in [4.69, 9.17) is 4.74 Å². The number of fused-ring (bicyclic) bond motifs is 1. The summed E-state index contributed by atoms with van der Waals surface area (Å²) in [7, 11) is 0. The minimum Gasteiger partial charge on any atom is -0.388 e. The van der Waals surface area contributed by atoms with Gasteiger partial charge in [-0.05, 0) is 30.2 Å². The number of rotatable bonds is 4. The molecule has 1 aromatic carbocycles. The Hall–Kier alpha value is -1.96. The van der Waals surface area contributed by atoms with Crippen molar-refractivity contribution >= 4 is 5.69 Å². The Morgan fingerprint density at radius 3 is 2.72 bits per heavy atom. The van der Waals surface area contributed by atoms with Crippen LogP contribution in [0.5, 0.6) is 0 Å². The van der Waals surface area contributed by atoms with Crippen molar-refractivity contribution in [2.24, 2.45) is 0 Å². The van der Waals surface area contributed by atoms with Gasteiger partial charge in [-0.1, -0.05) is 6.07 Å². The van der Waals surface area contributed by atoms with E-state index in [-0.39, 0.29) is 6.61 Å². The van der Waals surface area contributed by atoms with Gasteiger partial charge in [0, 0.05) is 38.4 Å². The van der Waals surface area contributed by atoms with Crippen molar-refractivity contribution in [1.29, 1.82) is 0 Å². The molecule has 7 heteroatoms. The van der Waals surface area contributed by atoms with E-state index in [1.54, 1.807) is 0 Å². The van der Waals surface area contributed by atoms with Crippen molar-refractivity contribution in [1.82, 2.24) is 19.7 Å². The molecule has 4 rings (SSSR count). The maximum atomic E-state index is 9.30. The molecule has 1 fully saturated rings. The van der Waals surface area contributed by atoms with Crippen molar-refractivity contribution in [3.63, 3.8) is 0 Å². The van der Waals surface area contributed by atoms with Crippen molar-refractivity contribution < 1.29 is 9.84 Å². The van der Waals surface area contributed by atoms with Crippen molar-refractivity contribution in [3.05, 3.63) is 41.0 Å². The molecule has 3 heterocycles. The number of benzene rings is 1. The molecule has 0 spiro atoms. The zero-order chi connectivity index (χ0) is 17.2. The fourth-order valence-electron chi connectivity index (χ4n) is 3.64. The highest BCUT2D eigenvalue weighted by atomic mass is 16.5. The van der Waals surface area contributed by atoms with Gasteiger partial charge in [-0.25, -0.2) is 0 Å². The van der Waals surface area contributed by atoms with Gasteiger partial charge < -0.3 is 19.3 Å². The molecule has 0 aliphatic carbocycles. The van der Waals surface area contributed by atoms with Crippen molar-refractivity contribution in [2.75, 3.05) is 37.7 Å². The third-order valence-electron chi connectivity index (χ3n) is 5.15. The summed E-state index contributed by atoms with van der Waals surface area (Å²) in [6.45, 7) is 9.17. The number of anilines is 1. The Bertz CT molecular complexity index is 739. The van der Waals surface area contributed by atoms with Gasteiger partial charge in [-0.3, -0.25) is 4.90 Å². The number of aliphatic hydroxyl groups is 1. The SMILES string of the molecule is Cc1cc(N2CCOCC2)ccc1CN1CCn2c(CO)nnc2C1. The molecular weight excluding hydrogens is 318 g/mol. The molecule has 134 valence electrons. The van der Waals surface area contributed by atoms with Gasteiger partial charge >= 0.3 is 0 Å². The van der Waals surface area contributed by atoms with Crippen LogP contribution in [-0.2, 0) is 31.0 Å². The molecule has 2 aromatic rings. The van der Waals surface area contributed by atoms with Crippen LogP contribution in [-0.4, -0.2) is 57.6 Å². The Morgan fingerprint density at radius 2 is 1.96 bits per heavy atom. The van der Waals surface area contributed by atoms with Crippen LogP contribution in [0.4, 0.5) is 5.69 Å². The number of nitrogens with zero attached hydrogens (tertiary/aromatic N) is 5.